The van der Waals surface area contributed by atoms with Gasteiger partial charge in [0.1, 0.15) is 0 Å². The fraction of sp³-hybridized carbons (Fsp3) is 0.571. The van der Waals surface area contributed by atoms with Crippen molar-refractivity contribution in [1.82, 2.24) is 10.6 Å². The molecule has 4 aliphatic rings. The summed E-state index contributed by atoms with van der Waals surface area (Å²) in [5.41, 5.74) is -1.03. The fourth-order valence-corrected chi connectivity index (χ4v) is 5.83. The number of esters is 1. The molecule has 1 aromatic rings. The molecule has 28 heavy (non-hydrogen) atoms. The maximum Gasteiger partial charge on any atom is 0.321 e. The number of nitrogens with one attached hydrogen (secondary N) is 2. The van der Waals surface area contributed by atoms with Crippen LogP contribution in [0.5, 0.6) is 0 Å². The zero-order valence-electron chi connectivity index (χ0n) is 15.9. The Balaban J connectivity index is 1.57. The molecular formula is C21H26N2O5. The summed E-state index contributed by atoms with van der Waals surface area (Å²) < 4.78 is 5.73. The molecule has 7 nitrogen and oxygen atoms in total. The van der Waals surface area contributed by atoms with E-state index in [1.807, 2.05) is 0 Å². The molecule has 0 spiro atoms. The molecule has 5 rings (SSSR count). The van der Waals surface area contributed by atoms with Crippen molar-refractivity contribution in [2.45, 2.75) is 50.2 Å². The Morgan fingerprint density at radius 1 is 1.11 bits per heavy atom. The third-order valence-electron chi connectivity index (χ3n) is 6.49. The number of carbonyl (C=O) groups excluding carboxylic acids is 3. The minimum atomic E-state index is -1.21. The number of ether oxygens (including phenoxy) is 1. The highest BCUT2D eigenvalue weighted by Crippen LogP contribution is 2.62. The van der Waals surface area contributed by atoms with Crippen LogP contribution in [0.3, 0.4) is 0 Å². The Morgan fingerprint density at radius 3 is 2.32 bits per heavy atom. The molecule has 5 atom stereocenters. The first kappa shape index (κ1) is 18.9. The van der Waals surface area contributed by atoms with E-state index in [1.165, 1.54) is 7.05 Å². The molecule has 7 heteroatoms. The summed E-state index contributed by atoms with van der Waals surface area (Å²) in [6.45, 7) is 0. The minimum Gasteiger partial charge on any atom is -0.447 e. The number of benzene rings is 1. The smallest absolute Gasteiger partial charge is 0.321 e. The zero-order valence-corrected chi connectivity index (χ0v) is 15.9. The highest BCUT2D eigenvalue weighted by atomic mass is 16.5. The van der Waals surface area contributed by atoms with Gasteiger partial charge in [0.15, 0.2) is 0 Å². The fourth-order valence-electron chi connectivity index (χ4n) is 5.83. The molecule has 4 saturated carbocycles. The molecule has 0 radical (unpaired) electrons. The SMILES string of the molecule is CNC(=O)NC(=O)[C@H](OC(=O)C12C[C@@H]3C[C@@H](CC(O)(C3)C1)C2)c1ccccc1. The van der Waals surface area contributed by atoms with Crippen LogP contribution in [0.4, 0.5) is 4.79 Å². The van der Waals surface area contributed by atoms with E-state index in [2.05, 4.69) is 10.6 Å². The molecule has 4 bridgehead atoms. The average molecular weight is 386 g/mol. The third-order valence-corrected chi connectivity index (χ3v) is 6.49. The second-order valence-electron chi connectivity index (χ2n) is 8.73. The van der Waals surface area contributed by atoms with E-state index in [1.54, 1.807) is 30.3 Å². The Labute approximate surface area is 163 Å². The van der Waals surface area contributed by atoms with E-state index in [0.29, 0.717) is 36.7 Å². The Morgan fingerprint density at radius 2 is 1.75 bits per heavy atom. The van der Waals surface area contributed by atoms with Gasteiger partial charge >= 0.3 is 12.0 Å². The van der Waals surface area contributed by atoms with E-state index in [-0.39, 0.29) is 0 Å². The first-order chi connectivity index (χ1) is 13.3. The van der Waals surface area contributed by atoms with Crippen molar-refractivity contribution in [3.05, 3.63) is 35.9 Å². The zero-order chi connectivity index (χ0) is 19.9. The third kappa shape index (κ3) is 3.39. The van der Waals surface area contributed by atoms with Gasteiger partial charge in [-0.3, -0.25) is 14.9 Å². The van der Waals surface area contributed by atoms with Gasteiger partial charge in [0.2, 0.25) is 6.10 Å². The number of aliphatic hydroxyl groups is 1. The largest absolute Gasteiger partial charge is 0.447 e. The lowest BCUT2D eigenvalue weighted by atomic mass is 9.48. The van der Waals surface area contributed by atoms with Crippen LogP contribution in [0.2, 0.25) is 0 Å². The molecule has 4 fully saturated rings. The van der Waals surface area contributed by atoms with Crippen molar-refractivity contribution in [2.75, 3.05) is 7.05 Å². The Hall–Kier alpha value is -2.41. The second kappa shape index (κ2) is 6.88. The lowest BCUT2D eigenvalue weighted by Gasteiger charge is -2.58. The van der Waals surface area contributed by atoms with Crippen molar-refractivity contribution in [2.24, 2.45) is 17.3 Å². The van der Waals surface area contributed by atoms with Gasteiger partial charge in [-0.2, -0.15) is 0 Å². The van der Waals surface area contributed by atoms with Crippen LogP contribution < -0.4 is 10.6 Å². The topological polar surface area (TPSA) is 105 Å². The molecule has 0 aromatic heterocycles. The van der Waals surface area contributed by atoms with Crippen molar-refractivity contribution < 1.29 is 24.2 Å². The van der Waals surface area contributed by atoms with Crippen molar-refractivity contribution in [1.29, 1.82) is 0 Å². The van der Waals surface area contributed by atoms with Crippen LogP contribution >= 0.6 is 0 Å². The molecule has 150 valence electrons. The molecule has 1 aromatic carbocycles. The van der Waals surface area contributed by atoms with Crippen molar-refractivity contribution in [3.8, 4) is 0 Å². The van der Waals surface area contributed by atoms with E-state index in [0.717, 1.165) is 19.3 Å². The number of urea groups is 1. The van der Waals surface area contributed by atoms with Crippen LogP contribution in [-0.2, 0) is 14.3 Å². The number of rotatable bonds is 4. The number of amides is 3. The first-order valence-electron chi connectivity index (χ1n) is 9.83. The molecule has 4 aliphatic carbocycles. The highest BCUT2D eigenvalue weighted by Gasteiger charge is 2.61. The lowest BCUT2D eigenvalue weighted by molar-refractivity contribution is -0.200. The predicted molar refractivity (Wildman–Crippen MR) is 99.9 cm³/mol. The quantitative estimate of drug-likeness (QED) is 0.687. The lowest BCUT2D eigenvalue weighted by Crippen LogP contribution is -2.58. The first-order valence-corrected chi connectivity index (χ1v) is 9.83. The molecular weight excluding hydrogens is 360 g/mol. The van der Waals surface area contributed by atoms with Gasteiger partial charge < -0.3 is 15.2 Å². The van der Waals surface area contributed by atoms with Crippen LogP contribution in [-0.4, -0.2) is 35.7 Å². The minimum absolute atomic E-state index is 0.327. The molecule has 0 heterocycles. The van der Waals surface area contributed by atoms with Gasteiger partial charge in [-0.15, -0.1) is 0 Å². The van der Waals surface area contributed by atoms with Crippen molar-refractivity contribution >= 4 is 17.9 Å². The van der Waals surface area contributed by atoms with E-state index in [9.17, 15) is 19.5 Å². The van der Waals surface area contributed by atoms with Crippen LogP contribution in [0, 0.1) is 17.3 Å². The van der Waals surface area contributed by atoms with Crippen LogP contribution in [0.1, 0.15) is 50.2 Å². The summed E-state index contributed by atoms with van der Waals surface area (Å²) in [5, 5.41) is 15.4. The molecule has 3 N–H and O–H groups in total. The number of carbonyl (C=O) groups is 3. The summed E-state index contributed by atoms with van der Waals surface area (Å²) in [4.78, 5) is 37.5. The Kier molecular flexibility index (Phi) is 4.65. The van der Waals surface area contributed by atoms with Crippen LogP contribution in [0.25, 0.3) is 0 Å². The Bertz CT molecular complexity index is 779. The van der Waals surface area contributed by atoms with Gasteiger partial charge in [0, 0.05) is 12.6 Å². The number of hydrogen-bond donors (Lipinski definition) is 3. The van der Waals surface area contributed by atoms with Gasteiger partial charge in [0.05, 0.1) is 11.0 Å². The summed E-state index contributed by atoms with van der Waals surface area (Å²) in [7, 11) is 1.41. The molecule has 2 unspecified atom stereocenters. The van der Waals surface area contributed by atoms with Gasteiger partial charge in [-0.1, -0.05) is 30.3 Å². The molecule has 0 aliphatic heterocycles. The predicted octanol–water partition coefficient (Wildman–Crippen LogP) is 2.06. The van der Waals surface area contributed by atoms with Gasteiger partial charge in [-0.25, -0.2) is 4.79 Å². The van der Waals surface area contributed by atoms with E-state index < -0.39 is 35.0 Å². The average Bonchev–Trinajstić information content (AvgIpc) is 2.64. The van der Waals surface area contributed by atoms with E-state index in [4.69, 9.17) is 4.74 Å². The maximum atomic E-state index is 13.3. The van der Waals surface area contributed by atoms with Gasteiger partial charge in [0.25, 0.3) is 5.91 Å². The monoisotopic (exact) mass is 386 g/mol. The summed E-state index contributed by atoms with van der Waals surface area (Å²) in [5.74, 6) is -0.481. The van der Waals surface area contributed by atoms with Gasteiger partial charge in [-0.05, 0) is 50.4 Å². The number of hydrogen-bond acceptors (Lipinski definition) is 5. The summed E-state index contributed by atoms with van der Waals surface area (Å²) in [6, 6.07) is 8.01. The van der Waals surface area contributed by atoms with Crippen molar-refractivity contribution in [3.63, 3.8) is 0 Å². The highest BCUT2D eigenvalue weighted by molar-refractivity contribution is 5.98. The summed E-state index contributed by atoms with van der Waals surface area (Å²) >= 11 is 0. The number of imide groups is 1. The molecule has 0 saturated heterocycles. The normalized spacial score (nSPS) is 33.8. The second-order valence-corrected chi connectivity index (χ2v) is 8.73. The summed E-state index contributed by atoms with van der Waals surface area (Å²) in [6.07, 6.45) is 3.12. The van der Waals surface area contributed by atoms with E-state index >= 15 is 0 Å². The maximum absolute atomic E-state index is 13.3. The van der Waals surface area contributed by atoms with Crippen LogP contribution in [0.15, 0.2) is 30.3 Å². The molecule has 3 amide bonds. The standard InChI is InChI=1S/C21H26N2O5/c1-22-19(26)23-17(24)16(15-5-3-2-4-6-15)28-18(25)20-8-13-7-14(9-20)11-21(27,10-13)12-20/h2-6,13-14,16,27H,7-12H2,1H3,(H2,22,23,24,26)/t13-,14+,16-,20?,21?/m1/s1.